The van der Waals surface area contributed by atoms with Gasteiger partial charge in [0.05, 0.1) is 18.6 Å². The molecule has 1 atom stereocenters. The van der Waals surface area contributed by atoms with Crippen LogP contribution < -0.4 is 0 Å². The van der Waals surface area contributed by atoms with Gasteiger partial charge in [0.25, 0.3) is 0 Å². The second-order valence-electron chi connectivity index (χ2n) is 2.34. The average Bonchev–Trinajstić information content (AvgIpc) is 2.52. The van der Waals surface area contributed by atoms with Crippen LogP contribution in [0.25, 0.3) is 0 Å². The number of aliphatic hydroxyl groups is 1. The Morgan fingerprint density at radius 1 is 1.73 bits per heavy atom. The summed E-state index contributed by atoms with van der Waals surface area (Å²) in [7, 11) is 0. The average molecular weight is 167 g/mol. The van der Waals surface area contributed by atoms with Crippen molar-refractivity contribution in [3.63, 3.8) is 0 Å². The Kier molecular flexibility index (Phi) is 3.09. The van der Waals surface area contributed by atoms with E-state index in [9.17, 15) is 0 Å². The summed E-state index contributed by atoms with van der Waals surface area (Å²) in [6, 6.07) is 4.02. The highest BCUT2D eigenvalue weighted by Gasteiger charge is 2.06. The van der Waals surface area contributed by atoms with Crippen LogP contribution in [0, 0.1) is 17.2 Å². The normalized spacial score (nSPS) is 12.4. The highest BCUT2D eigenvalue weighted by atomic mass is 32.1. The maximum Gasteiger partial charge on any atom is 0.0735 e. The lowest BCUT2D eigenvalue weighted by molar-refractivity contribution is 0.255. The molecular formula is C8H9NOS. The van der Waals surface area contributed by atoms with E-state index in [1.165, 1.54) is 0 Å². The van der Waals surface area contributed by atoms with Crippen LogP contribution in [0.1, 0.15) is 5.56 Å². The third-order valence-electron chi connectivity index (χ3n) is 1.47. The van der Waals surface area contributed by atoms with Crippen LogP contribution in [-0.2, 0) is 6.42 Å². The molecule has 1 aromatic heterocycles. The molecule has 1 N–H and O–H groups in total. The molecule has 0 bridgehead atoms. The SMILES string of the molecule is N#CC(CO)Cc1ccsc1. The van der Waals surface area contributed by atoms with Crippen molar-refractivity contribution in [2.75, 3.05) is 6.61 Å². The number of nitriles is 1. The van der Waals surface area contributed by atoms with Gasteiger partial charge in [-0.1, -0.05) is 0 Å². The van der Waals surface area contributed by atoms with Crippen molar-refractivity contribution in [2.45, 2.75) is 6.42 Å². The highest BCUT2D eigenvalue weighted by molar-refractivity contribution is 7.07. The molecule has 1 unspecified atom stereocenters. The van der Waals surface area contributed by atoms with E-state index < -0.39 is 0 Å². The zero-order chi connectivity index (χ0) is 8.10. The van der Waals surface area contributed by atoms with Gasteiger partial charge in [-0.25, -0.2) is 0 Å². The fraction of sp³-hybridized carbons (Fsp3) is 0.375. The molecule has 0 spiro atoms. The number of aliphatic hydroxyl groups excluding tert-OH is 1. The van der Waals surface area contributed by atoms with Gasteiger partial charge < -0.3 is 5.11 Å². The smallest absolute Gasteiger partial charge is 0.0735 e. The molecule has 3 heteroatoms. The zero-order valence-corrected chi connectivity index (χ0v) is 6.84. The van der Waals surface area contributed by atoms with E-state index in [2.05, 4.69) is 0 Å². The van der Waals surface area contributed by atoms with Crippen molar-refractivity contribution >= 4 is 11.3 Å². The Hall–Kier alpha value is -0.850. The van der Waals surface area contributed by atoms with E-state index in [-0.39, 0.29) is 12.5 Å². The van der Waals surface area contributed by atoms with Crippen LogP contribution in [0.4, 0.5) is 0 Å². The van der Waals surface area contributed by atoms with E-state index in [0.717, 1.165) is 5.56 Å². The lowest BCUT2D eigenvalue weighted by atomic mass is 10.0. The Morgan fingerprint density at radius 3 is 3.00 bits per heavy atom. The van der Waals surface area contributed by atoms with E-state index in [0.29, 0.717) is 6.42 Å². The second-order valence-corrected chi connectivity index (χ2v) is 3.12. The quantitative estimate of drug-likeness (QED) is 0.740. The van der Waals surface area contributed by atoms with Crippen LogP contribution >= 0.6 is 11.3 Å². The number of hydrogen-bond acceptors (Lipinski definition) is 3. The van der Waals surface area contributed by atoms with Gasteiger partial charge in [0.1, 0.15) is 0 Å². The second kappa shape index (κ2) is 4.12. The summed E-state index contributed by atoms with van der Waals surface area (Å²) >= 11 is 1.61. The molecule has 0 aromatic carbocycles. The molecule has 1 heterocycles. The summed E-state index contributed by atoms with van der Waals surface area (Å²) in [6.45, 7) is -0.0493. The summed E-state index contributed by atoms with van der Waals surface area (Å²) in [6.07, 6.45) is 0.663. The lowest BCUT2D eigenvalue weighted by Gasteiger charge is -2.00. The first kappa shape index (κ1) is 8.25. The van der Waals surface area contributed by atoms with Gasteiger partial charge >= 0.3 is 0 Å². The first-order valence-electron chi connectivity index (χ1n) is 3.38. The Labute approximate surface area is 69.7 Å². The van der Waals surface area contributed by atoms with E-state index >= 15 is 0 Å². The van der Waals surface area contributed by atoms with Gasteiger partial charge in [-0.15, -0.1) is 0 Å². The number of thiophene rings is 1. The molecule has 0 aliphatic heterocycles. The number of hydrogen-bond donors (Lipinski definition) is 1. The number of nitrogens with zero attached hydrogens (tertiary/aromatic N) is 1. The van der Waals surface area contributed by atoms with Crippen molar-refractivity contribution in [3.05, 3.63) is 22.4 Å². The van der Waals surface area contributed by atoms with Crippen LogP contribution in [-0.4, -0.2) is 11.7 Å². The predicted molar refractivity (Wildman–Crippen MR) is 44.2 cm³/mol. The van der Waals surface area contributed by atoms with Crippen molar-refractivity contribution in [1.29, 1.82) is 5.26 Å². The van der Waals surface area contributed by atoms with Gasteiger partial charge in [0.15, 0.2) is 0 Å². The molecule has 0 saturated carbocycles. The van der Waals surface area contributed by atoms with Crippen LogP contribution in [0.5, 0.6) is 0 Å². The summed E-state index contributed by atoms with van der Waals surface area (Å²) in [5, 5.41) is 21.2. The molecule has 1 rings (SSSR count). The van der Waals surface area contributed by atoms with Gasteiger partial charge in [-0.2, -0.15) is 16.6 Å². The van der Waals surface area contributed by atoms with E-state index in [1.807, 2.05) is 22.9 Å². The monoisotopic (exact) mass is 167 g/mol. The molecule has 0 aliphatic rings. The van der Waals surface area contributed by atoms with Crippen LogP contribution in [0.15, 0.2) is 16.8 Å². The first-order valence-corrected chi connectivity index (χ1v) is 4.32. The lowest BCUT2D eigenvalue weighted by Crippen LogP contribution is -2.05. The van der Waals surface area contributed by atoms with Crippen LogP contribution in [0.3, 0.4) is 0 Å². The molecule has 0 radical (unpaired) electrons. The third-order valence-corrected chi connectivity index (χ3v) is 2.20. The molecule has 0 saturated heterocycles. The van der Waals surface area contributed by atoms with Gasteiger partial charge in [-0.3, -0.25) is 0 Å². The summed E-state index contributed by atoms with van der Waals surface area (Å²) in [4.78, 5) is 0. The molecule has 2 nitrogen and oxygen atoms in total. The van der Waals surface area contributed by atoms with Gasteiger partial charge in [-0.05, 0) is 28.8 Å². The highest BCUT2D eigenvalue weighted by Crippen LogP contribution is 2.11. The Bertz CT molecular complexity index is 237. The molecule has 11 heavy (non-hydrogen) atoms. The third kappa shape index (κ3) is 2.34. The maximum atomic E-state index is 8.71. The Balaban J connectivity index is 2.49. The molecule has 0 fully saturated rings. The van der Waals surface area contributed by atoms with E-state index in [4.69, 9.17) is 10.4 Å². The van der Waals surface area contributed by atoms with Gasteiger partial charge in [0.2, 0.25) is 0 Å². The fourth-order valence-corrected chi connectivity index (χ4v) is 1.53. The van der Waals surface area contributed by atoms with Gasteiger partial charge in [0, 0.05) is 0 Å². The summed E-state index contributed by atoms with van der Waals surface area (Å²) < 4.78 is 0. The number of rotatable bonds is 3. The topological polar surface area (TPSA) is 44.0 Å². The van der Waals surface area contributed by atoms with Crippen LogP contribution in [0.2, 0.25) is 0 Å². The largest absolute Gasteiger partial charge is 0.395 e. The standard InChI is InChI=1S/C8H9NOS/c9-4-8(5-10)3-7-1-2-11-6-7/h1-2,6,8,10H,3,5H2. The maximum absolute atomic E-state index is 8.71. The van der Waals surface area contributed by atoms with Crippen molar-refractivity contribution in [2.24, 2.45) is 5.92 Å². The van der Waals surface area contributed by atoms with E-state index in [1.54, 1.807) is 11.3 Å². The molecular weight excluding hydrogens is 158 g/mol. The molecule has 0 amide bonds. The summed E-state index contributed by atoms with van der Waals surface area (Å²) in [5.41, 5.74) is 1.13. The van der Waals surface area contributed by atoms with Crippen molar-refractivity contribution in [3.8, 4) is 6.07 Å². The predicted octanol–water partition coefficient (Wildman–Crippen LogP) is 1.42. The molecule has 1 aromatic rings. The molecule has 0 aliphatic carbocycles. The van der Waals surface area contributed by atoms with Crippen molar-refractivity contribution < 1.29 is 5.11 Å². The first-order chi connectivity index (χ1) is 5.36. The minimum Gasteiger partial charge on any atom is -0.395 e. The Morgan fingerprint density at radius 2 is 2.55 bits per heavy atom. The molecule has 58 valence electrons. The minimum atomic E-state index is -0.246. The minimum absolute atomic E-state index is 0.0493. The summed E-state index contributed by atoms with van der Waals surface area (Å²) in [5.74, 6) is -0.246. The fourth-order valence-electron chi connectivity index (χ4n) is 0.844. The van der Waals surface area contributed by atoms with Crippen molar-refractivity contribution in [1.82, 2.24) is 0 Å². The zero-order valence-electron chi connectivity index (χ0n) is 6.03.